The third-order valence-corrected chi connectivity index (χ3v) is 3.32. The fraction of sp³-hybridized carbons (Fsp3) is 0.818. The van der Waals surface area contributed by atoms with Gasteiger partial charge >= 0.3 is 12.1 Å². The smallest absolute Gasteiger partial charge is 0.373 e. The average Bonchev–Trinajstić information content (AvgIpc) is 2.32. The van der Waals surface area contributed by atoms with Crippen LogP contribution in [-0.4, -0.2) is 68.3 Å². The van der Waals surface area contributed by atoms with Gasteiger partial charge in [0.05, 0.1) is 18.6 Å². The lowest BCUT2D eigenvalue weighted by Crippen LogP contribution is -2.55. The number of nitrogens with zero attached hydrogens (tertiary/aromatic N) is 1. The van der Waals surface area contributed by atoms with Crippen LogP contribution >= 0.6 is 0 Å². The number of ether oxygens (including phenoxy) is 1. The number of amides is 2. The zero-order valence-corrected chi connectivity index (χ0v) is 10.7. The molecule has 0 saturated carbocycles. The lowest BCUT2D eigenvalue weighted by Gasteiger charge is -2.34. The number of hydrogen-bond donors (Lipinski definition) is 2. The van der Waals surface area contributed by atoms with Crippen LogP contribution in [0.2, 0.25) is 0 Å². The van der Waals surface area contributed by atoms with Gasteiger partial charge < -0.3 is 20.3 Å². The fourth-order valence-corrected chi connectivity index (χ4v) is 2.04. The quantitative estimate of drug-likeness (QED) is 0.709. The Labute approximate surface area is 113 Å². The van der Waals surface area contributed by atoms with Crippen LogP contribution in [0.3, 0.4) is 0 Å². The topological polar surface area (TPSA) is 70.7 Å². The summed E-state index contributed by atoms with van der Waals surface area (Å²) in [5, 5.41) is 5.58. The van der Waals surface area contributed by atoms with E-state index in [0.717, 1.165) is 0 Å². The summed E-state index contributed by atoms with van der Waals surface area (Å²) >= 11 is 0. The van der Waals surface area contributed by atoms with Crippen molar-refractivity contribution in [2.75, 3.05) is 39.3 Å². The zero-order chi connectivity index (χ0) is 14.8. The van der Waals surface area contributed by atoms with E-state index >= 15 is 0 Å². The number of hydrogen-bond acceptors (Lipinski definition) is 4. The first-order valence-electron chi connectivity index (χ1n) is 6.34. The molecule has 2 aliphatic heterocycles. The molecule has 0 spiro atoms. The van der Waals surface area contributed by atoms with Crippen LogP contribution in [0.15, 0.2) is 0 Å². The van der Waals surface area contributed by atoms with E-state index in [-0.39, 0.29) is 38.1 Å². The van der Waals surface area contributed by atoms with Gasteiger partial charge in [0.25, 0.3) is 0 Å². The van der Waals surface area contributed by atoms with Gasteiger partial charge in [-0.3, -0.25) is 9.59 Å². The van der Waals surface area contributed by atoms with Gasteiger partial charge in [-0.15, -0.1) is 0 Å². The van der Waals surface area contributed by atoms with Crippen molar-refractivity contribution in [2.45, 2.75) is 12.3 Å². The van der Waals surface area contributed by atoms with Crippen molar-refractivity contribution in [1.29, 1.82) is 0 Å². The fourth-order valence-electron chi connectivity index (χ4n) is 2.04. The summed E-state index contributed by atoms with van der Waals surface area (Å²) in [6.07, 6.45) is -5.48. The minimum atomic E-state index is -4.87. The minimum absolute atomic E-state index is 0.0351. The van der Waals surface area contributed by atoms with E-state index in [4.69, 9.17) is 4.74 Å². The number of carbonyl (C=O) groups excluding carboxylic acids is 2. The number of halogens is 3. The Morgan fingerprint density at radius 2 is 2.05 bits per heavy atom. The number of morpholine rings is 1. The predicted octanol–water partition coefficient (Wildman–Crippen LogP) is -0.888. The molecule has 1 unspecified atom stereocenters. The number of rotatable bonds is 3. The van der Waals surface area contributed by atoms with E-state index < -0.39 is 18.2 Å². The number of alkyl halides is 3. The molecule has 2 rings (SSSR count). The molecule has 0 radical (unpaired) electrons. The molecular weight excluding hydrogens is 279 g/mol. The van der Waals surface area contributed by atoms with Crippen molar-refractivity contribution in [3.05, 3.63) is 0 Å². The molecule has 2 N–H and O–H groups in total. The third-order valence-electron chi connectivity index (χ3n) is 3.32. The van der Waals surface area contributed by atoms with Crippen molar-refractivity contribution in [3.8, 4) is 0 Å². The Hall–Kier alpha value is -1.35. The van der Waals surface area contributed by atoms with Gasteiger partial charge in [-0.25, -0.2) is 0 Å². The van der Waals surface area contributed by atoms with E-state index in [9.17, 15) is 22.8 Å². The summed E-state index contributed by atoms with van der Waals surface area (Å²) in [5.41, 5.74) is 0. The normalized spacial score (nSPS) is 24.1. The Kier molecular flexibility index (Phi) is 4.48. The lowest BCUT2D eigenvalue weighted by atomic mass is 10.0. The van der Waals surface area contributed by atoms with Crippen molar-refractivity contribution < 1.29 is 27.5 Å². The SMILES string of the molecule is O=C(NCC1CN(C(=O)C(F)(F)F)CCO1)C1CNC1. The highest BCUT2D eigenvalue weighted by Crippen LogP contribution is 2.20. The molecule has 2 amide bonds. The van der Waals surface area contributed by atoms with Crippen LogP contribution in [0.4, 0.5) is 13.2 Å². The Balaban J connectivity index is 1.78. The maximum atomic E-state index is 12.3. The zero-order valence-electron chi connectivity index (χ0n) is 10.7. The van der Waals surface area contributed by atoms with Gasteiger partial charge in [0.15, 0.2) is 0 Å². The summed E-state index contributed by atoms with van der Waals surface area (Å²) < 4.78 is 42.2. The Morgan fingerprint density at radius 1 is 1.35 bits per heavy atom. The van der Waals surface area contributed by atoms with Crippen LogP contribution in [-0.2, 0) is 14.3 Å². The van der Waals surface area contributed by atoms with Gasteiger partial charge in [-0.05, 0) is 0 Å². The van der Waals surface area contributed by atoms with Gasteiger partial charge in [-0.1, -0.05) is 0 Å². The molecule has 0 aliphatic carbocycles. The second-order valence-corrected chi connectivity index (χ2v) is 4.84. The predicted molar refractivity (Wildman–Crippen MR) is 61.7 cm³/mol. The largest absolute Gasteiger partial charge is 0.471 e. The first-order chi connectivity index (χ1) is 9.38. The average molecular weight is 295 g/mol. The highest BCUT2D eigenvalue weighted by molar-refractivity contribution is 5.82. The van der Waals surface area contributed by atoms with Gasteiger partial charge in [0, 0.05) is 32.7 Å². The first-order valence-corrected chi connectivity index (χ1v) is 6.34. The molecule has 0 bridgehead atoms. The molecule has 20 heavy (non-hydrogen) atoms. The molecule has 114 valence electrons. The van der Waals surface area contributed by atoms with Crippen molar-refractivity contribution in [2.24, 2.45) is 5.92 Å². The van der Waals surface area contributed by atoms with E-state index in [0.29, 0.717) is 18.0 Å². The Morgan fingerprint density at radius 3 is 2.60 bits per heavy atom. The van der Waals surface area contributed by atoms with Gasteiger partial charge in [-0.2, -0.15) is 13.2 Å². The summed E-state index contributed by atoms with van der Waals surface area (Å²) in [6, 6.07) is 0. The van der Waals surface area contributed by atoms with Gasteiger partial charge in [0.1, 0.15) is 0 Å². The first kappa shape index (κ1) is 15.0. The molecule has 0 aromatic heterocycles. The third kappa shape index (κ3) is 3.60. The molecule has 0 aromatic rings. The number of carbonyl (C=O) groups is 2. The highest BCUT2D eigenvalue weighted by atomic mass is 19.4. The summed E-state index contributed by atoms with van der Waals surface area (Å²) in [4.78, 5) is 23.4. The van der Waals surface area contributed by atoms with E-state index in [1.54, 1.807) is 0 Å². The van der Waals surface area contributed by atoms with Crippen molar-refractivity contribution in [3.63, 3.8) is 0 Å². The maximum Gasteiger partial charge on any atom is 0.471 e. The summed E-state index contributed by atoms with van der Waals surface area (Å²) in [7, 11) is 0. The maximum absolute atomic E-state index is 12.3. The molecule has 9 heteroatoms. The van der Waals surface area contributed by atoms with Crippen molar-refractivity contribution in [1.82, 2.24) is 15.5 Å². The van der Waals surface area contributed by atoms with E-state index in [1.165, 1.54) is 0 Å². The van der Waals surface area contributed by atoms with E-state index in [2.05, 4.69) is 10.6 Å². The lowest BCUT2D eigenvalue weighted by molar-refractivity contribution is -0.191. The van der Waals surface area contributed by atoms with Crippen LogP contribution < -0.4 is 10.6 Å². The molecule has 2 aliphatic rings. The summed E-state index contributed by atoms with van der Waals surface area (Å²) in [5.74, 6) is -2.10. The monoisotopic (exact) mass is 295 g/mol. The number of nitrogens with one attached hydrogen (secondary N) is 2. The van der Waals surface area contributed by atoms with Crippen LogP contribution in [0.25, 0.3) is 0 Å². The highest BCUT2D eigenvalue weighted by Gasteiger charge is 2.43. The molecule has 6 nitrogen and oxygen atoms in total. The van der Waals surface area contributed by atoms with Crippen molar-refractivity contribution >= 4 is 11.8 Å². The van der Waals surface area contributed by atoms with Crippen LogP contribution in [0, 0.1) is 5.92 Å². The standard InChI is InChI=1S/C11H16F3N3O3/c12-11(13,14)10(19)17-1-2-20-8(6-17)5-16-9(18)7-3-15-4-7/h7-8,15H,1-6H2,(H,16,18). The van der Waals surface area contributed by atoms with Crippen LogP contribution in [0.1, 0.15) is 0 Å². The molecular formula is C11H16F3N3O3. The summed E-state index contributed by atoms with van der Waals surface area (Å²) in [6.45, 7) is 1.10. The van der Waals surface area contributed by atoms with Gasteiger partial charge in [0.2, 0.25) is 5.91 Å². The Bertz CT molecular complexity index is 385. The molecule has 2 saturated heterocycles. The second-order valence-electron chi connectivity index (χ2n) is 4.84. The minimum Gasteiger partial charge on any atom is -0.373 e. The van der Waals surface area contributed by atoms with E-state index in [1.807, 2.05) is 0 Å². The second kappa shape index (κ2) is 5.96. The molecule has 0 aromatic carbocycles. The molecule has 1 atom stereocenters. The molecule has 2 fully saturated rings. The molecule has 2 heterocycles. The van der Waals surface area contributed by atoms with Crippen LogP contribution in [0.5, 0.6) is 0 Å².